The fourth-order valence-corrected chi connectivity index (χ4v) is 2.33. The summed E-state index contributed by atoms with van der Waals surface area (Å²) in [6.07, 6.45) is 3.83. The molecule has 0 aliphatic carbocycles. The molecule has 1 aromatic carbocycles. The second-order valence-corrected chi connectivity index (χ2v) is 5.27. The van der Waals surface area contributed by atoms with Gasteiger partial charge in [-0.3, -0.25) is 4.79 Å². The van der Waals surface area contributed by atoms with E-state index in [1.165, 1.54) is 18.5 Å². The summed E-state index contributed by atoms with van der Waals surface area (Å²) in [6.45, 7) is 1.87. The Morgan fingerprint density at radius 2 is 2.26 bits per heavy atom. The molecule has 3 aromatic rings. The molecule has 3 rings (SSSR count). The van der Waals surface area contributed by atoms with E-state index in [0.717, 1.165) is 5.69 Å². The number of H-pyrrole nitrogens is 1. The van der Waals surface area contributed by atoms with Crippen LogP contribution >= 0.6 is 0 Å². The molecular weight excluding hydrogens is 297 g/mol. The number of aryl methyl sites for hydroxylation is 1. The fraction of sp³-hybridized carbons (Fsp3) is 0.250. The topological polar surface area (TPSA) is 83.6 Å². The zero-order valence-electron chi connectivity index (χ0n) is 12.6. The van der Waals surface area contributed by atoms with Crippen LogP contribution < -0.4 is 5.32 Å². The van der Waals surface area contributed by atoms with Gasteiger partial charge in [-0.2, -0.15) is 0 Å². The van der Waals surface area contributed by atoms with Gasteiger partial charge in [0.2, 0.25) is 5.91 Å². The molecule has 0 fully saturated rings. The Hall–Kier alpha value is -2.83. The number of nitrogens with zero attached hydrogens (tertiary/aromatic N) is 3. The monoisotopic (exact) mass is 313 g/mol. The first kappa shape index (κ1) is 15.1. The molecule has 0 saturated heterocycles. The van der Waals surface area contributed by atoms with Crippen LogP contribution in [-0.4, -0.2) is 25.8 Å². The van der Waals surface area contributed by atoms with E-state index in [-0.39, 0.29) is 24.2 Å². The van der Waals surface area contributed by atoms with Crippen LogP contribution in [0.4, 0.5) is 4.39 Å². The number of carbonyl (C=O) groups excluding carboxylic acids is 1. The number of hydrogen-bond acceptors (Lipinski definition) is 4. The molecule has 7 heteroatoms. The summed E-state index contributed by atoms with van der Waals surface area (Å²) < 4.78 is 13.1. The third-order valence-corrected chi connectivity index (χ3v) is 3.51. The molecule has 1 atom stereocenters. The van der Waals surface area contributed by atoms with Gasteiger partial charge < -0.3 is 10.3 Å². The summed E-state index contributed by atoms with van der Waals surface area (Å²) >= 11 is 0. The zero-order chi connectivity index (χ0) is 16.2. The molecule has 1 unspecified atom stereocenters. The quantitative estimate of drug-likeness (QED) is 0.757. The minimum atomic E-state index is -0.316. The van der Waals surface area contributed by atoms with Crippen LogP contribution in [0.25, 0.3) is 11.0 Å². The highest BCUT2D eigenvalue weighted by molar-refractivity contribution is 5.77. The van der Waals surface area contributed by atoms with Gasteiger partial charge >= 0.3 is 0 Å². The average molecular weight is 313 g/mol. The Bertz CT molecular complexity index is 818. The van der Waals surface area contributed by atoms with Crippen molar-refractivity contribution in [3.8, 4) is 0 Å². The lowest BCUT2D eigenvalue weighted by Gasteiger charge is -2.12. The highest BCUT2D eigenvalue weighted by Crippen LogP contribution is 2.14. The number of aromatic amines is 1. The number of amides is 1. The molecule has 23 heavy (non-hydrogen) atoms. The SMILES string of the molecule is CC(NC(=O)CCc1nc2ccc(F)cc2[nH]1)c1ccncn1. The number of benzene rings is 1. The highest BCUT2D eigenvalue weighted by Gasteiger charge is 2.11. The smallest absolute Gasteiger partial charge is 0.220 e. The van der Waals surface area contributed by atoms with E-state index in [0.29, 0.717) is 23.3 Å². The number of carbonyl (C=O) groups is 1. The Morgan fingerprint density at radius 3 is 3.04 bits per heavy atom. The van der Waals surface area contributed by atoms with E-state index in [2.05, 4.69) is 25.3 Å². The van der Waals surface area contributed by atoms with E-state index < -0.39 is 0 Å². The molecular formula is C16H16FN5O. The van der Waals surface area contributed by atoms with Gasteiger partial charge in [0.25, 0.3) is 0 Å². The number of imidazole rings is 1. The lowest BCUT2D eigenvalue weighted by molar-refractivity contribution is -0.121. The van der Waals surface area contributed by atoms with Crippen LogP contribution in [0.3, 0.4) is 0 Å². The van der Waals surface area contributed by atoms with Crippen molar-refractivity contribution in [3.63, 3.8) is 0 Å². The lowest BCUT2D eigenvalue weighted by atomic mass is 10.2. The van der Waals surface area contributed by atoms with Gasteiger partial charge in [-0.25, -0.2) is 19.3 Å². The molecule has 0 saturated carbocycles. The summed E-state index contributed by atoms with van der Waals surface area (Å²) in [7, 11) is 0. The predicted octanol–water partition coefficient (Wildman–Crippen LogP) is 2.30. The van der Waals surface area contributed by atoms with Crippen LogP contribution in [0.5, 0.6) is 0 Å². The van der Waals surface area contributed by atoms with Crippen molar-refractivity contribution < 1.29 is 9.18 Å². The third-order valence-electron chi connectivity index (χ3n) is 3.51. The van der Waals surface area contributed by atoms with E-state index in [9.17, 15) is 9.18 Å². The Balaban J connectivity index is 1.57. The minimum Gasteiger partial charge on any atom is -0.348 e. The van der Waals surface area contributed by atoms with Gasteiger partial charge in [-0.05, 0) is 31.2 Å². The summed E-state index contributed by atoms with van der Waals surface area (Å²) in [6, 6.07) is 5.95. The number of rotatable bonds is 5. The lowest BCUT2D eigenvalue weighted by Crippen LogP contribution is -2.27. The second-order valence-electron chi connectivity index (χ2n) is 5.27. The van der Waals surface area contributed by atoms with Gasteiger partial charge in [-0.1, -0.05) is 0 Å². The number of hydrogen-bond donors (Lipinski definition) is 2. The third kappa shape index (κ3) is 3.68. The van der Waals surface area contributed by atoms with E-state index in [4.69, 9.17) is 0 Å². The van der Waals surface area contributed by atoms with E-state index in [1.54, 1.807) is 18.3 Å². The highest BCUT2D eigenvalue weighted by atomic mass is 19.1. The van der Waals surface area contributed by atoms with Gasteiger partial charge in [0.05, 0.1) is 22.8 Å². The predicted molar refractivity (Wildman–Crippen MR) is 83.0 cm³/mol. The molecule has 0 aliphatic heterocycles. The summed E-state index contributed by atoms with van der Waals surface area (Å²) in [5, 5.41) is 2.88. The summed E-state index contributed by atoms with van der Waals surface area (Å²) in [5.74, 6) is 0.252. The Labute approximate surface area is 132 Å². The summed E-state index contributed by atoms with van der Waals surface area (Å²) in [4.78, 5) is 27.3. The van der Waals surface area contributed by atoms with Crippen LogP contribution in [0.15, 0.2) is 36.8 Å². The summed E-state index contributed by atoms with van der Waals surface area (Å²) in [5.41, 5.74) is 2.08. The van der Waals surface area contributed by atoms with Crippen molar-refractivity contribution in [3.05, 3.63) is 54.1 Å². The first-order valence-corrected chi connectivity index (χ1v) is 7.31. The van der Waals surface area contributed by atoms with Gasteiger partial charge in [-0.15, -0.1) is 0 Å². The number of fused-ring (bicyclic) bond motifs is 1. The van der Waals surface area contributed by atoms with Crippen LogP contribution in [0.1, 0.15) is 30.9 Å². The maximum atomic E-state index is 13.1. The number of aromatic nitrogens is 4. The molecule has 118 valence electrons. The van der Waals surface area contributed by atoms with Crippen LogP contribution in [-0.2, 0) is 11.2 Å². The molecule has 2 aromatic heterocycles. The molecule has 0 spiro atoms. The maximum Gasteiger partial charge on any atom is 0.220 e. The fourth-order valence-electron chi connectivity index (χ4n) is 2.33. The number of nitrogens with one attached hydrogen (secondary N) is 2. The molecule has 6 nitrogen and oxygen atoms in total. The zero-order valence-corrected chi connectivity index (χ0v) is 12.6. The standard InChI is InChI=1S/C16H16FN5O/c1-10(12-6-7-18-9-19-12)20-16(23)5-4-15-21-13-3-2-11(17)8-14(13)22-15/h2-3,6-10H,4-5H2,1H3,(H,20,23)(H,21,22). The van der Waals surface area contributed by atoms with Crippen molar-refractivity contribution >= 4 is 16.9 Å². The van der Waals surface area contributed by atoms with E-state index in [1.807, 2.05) is 6.92 Å². The Morgan fingerprint density at radius 1 is 1.39 bits per heavy atom. The number of halogens is 1. The van der Waals surface area contributed by atoms with Crippen molar-refractivity contribution in [2.75, 3.05) is 0 Å². The van der Waals surface area contributed by atoms with Crippen LogP contribution in [0, 0.1) is 5.82 Å². The van der Waals surface area contributed by atoms with Gasteiger partial charge in [0, 0.05) is 19.0 Å². The van der Waals surface area contributed by atoms with E-state index >= 15 is 0 Å². The minimum absolute atomic E-state index is 0.0947. The normalized spacial score (nSPS) is 12.3. The van der Waals surface area contributed by atoms with Crippen molar-refractivity contribution in [1.29, 1.82) is 0 Å². The van der Waals surface area contributed by atoms with Gasteiger partial charge in [0.15, 0.2) is 0 Å². The molecule has 0 aliphatic rings. The molecule has 2 heterocycles. The van der Waals surface area contributed by atoms with Gasteiger partial charge in [0.1, 0.15) is 18.0 Å². The Kier molecular flexibility index (Phi) is 4.27. The van der Waals surface area contributed by atoms with Crippen molar-refractivity contribution in [1.82, 2.24) is 25.3 Å². The van der Waals surface area contributed by atoms with Crippen LogP contribution in [0.2, 0.25) is 0 Å². The second kappa shape index (κ2) is 6.51. The first-order valence-electron chi connectivity index (χ1n) is 7.31. The van der Waals surface area contributed by atoms with Crippen molar-refractivity contribution in [2.24, 2.45) is 0 Å². The molecule has 0 bridgehead atoms. The largest absolute Gasteiger partial charge is 0.348 e. The van der Waals surface area contributed by atoms with Crippen molar-refractivity contribution in [2.45, 2.75) is 25.8 Å². The average Bonchev–Trinajstić information content (AvgIpc) is 2.95. The molecule has 0 radical (unpaired) electrons. The molecule has 2 N–H and O–H groups in total. The maximum absolute atomic E-state index is 13.1. The first-order chi connectivity index (χ1) is 11.1. The molecule has 1 amide bonds.